The SMILES string of the molecule is COC1(CNC(=O)c2cc(Cl)ccc2Cl)CCSC1. The Morgan fingerprint density at radius 2 is 2.32 bits per heavy atom. The van der Waals surface area contributed by atoms with Crippen molar-refractivity contribution >= 4 is 40.9 Å². The molecule has 1 aromatic carbocycles. The second-order valence-corrected chi connectivity index (χ2v) is 6.45. The van der Waals surface area contributed by atoms with Gasteiger partial charge in [0.1, 0.15) is 0 Å². The molecule has 6 heteroatoms. The molecule has 2 rings (SSSR count). The third kappa shape index (κ3) is 3.57. The van der Waals surface area contributed by atoms with E-state index in [1.54, 1.807) is 25.3 Å². The molecule has 0 radical (unpaired) electrons. The lowest BCUT2D eigenvalue weighted by Crippen LogP contribution is -2.44. The summed E-state index contributed by atoms with van der Waals surface area (Å²) in [7, 11) is 1.68. The normalized spacial score (nSPS) is 22.5. The van der Waals surface area contributed by atoms with Gasteiger partial charge in [-0.25, -0.2) is 0 Å². The Hall–Kier alpha value is -0.420. The quantitative estimate of drug-likeness (QED) is 0.925. The zero-order valence-electron chi connectivity index (χ0n) is 10.5. The highest BCUT2D eigenvalue weighted by Gasteiger charge is 2.34. The molecule has 1 heterocycles. The minimum Gasteiger partial charge on any atom is -0.376 e. The topological polar surface area (TPSA) is 38.3 Å². The first-order chi connectivity index (χ1) is 9.06. The highest BCUT2D eigenvalue weighted by Crippen LogP contribution is 2.30. The highest BCUT2D eigenvalue weighted by molar-refractivity contribution is 7.99. The number of methoxy groups -OCH3 is 1. The van der Waals surface area contributed by atoms with E-state index in [0.29, 0.717) is 22.2 Å². The van der Waals surface area contributed by atoms with Gasteiger partial charge in [0.25, 0.3) is 5.91 Å². The number of hydrogen-bond donors (Lipinski definition) is 1. The lowest BCUT2D eigenvalue weighted by Gasteiger charge is -2.26. The van der Waals surface area contributed by atoms with Gasteiger partial charge in [-0.2, -0.15) is 11.8 Å². The van der Waals surface area contributed by atoms with Gasteiger partial charge in [0.15, 0.2) is 0 Å². The van der Waals surface area contributed by atoms with Gasteiger partial charge in [0.2, 0.25) is 0 Å². The largest absolute Gasteiger partial charge is 0.376 e. The van der Waals surface area contributed by atoms with Crippen molar-refractivity contribution in [3.05, 3.63) is 33.8 Å². The van der Waals surface area contributed by atoms with E-state index in [2.05, 4.69) is 5.32 Å². The molecule has 0 bridgehead atoms. The maximum Gasteiger partial charge on any atom is 0.252 e. The molecule has 104 valence electrons. The molecule has 0 spiro atoms. The lowest BCUT2D eigenvalue weighted by atomic mass is 10.0. The predicted molar refractivity (Wildman–Crippen MR) is 80.5 cm³/mol. The fourth-order valence-corrected chi connectivity index (χ4v) is 3.74. The van der Waals surface area contributed by atoms with Gasteiger partial charge in [-0.05, 0) is 30.4 Å². The van der Waals surface area contributed by atoms with Crippen LogP contribution in [0.3, 0.4) is 0 Å². The Morgan fingerprint density at radius 3 is 2.95 bits per heavy atom. The Balaban J connectivity index is 2.03. The van der Waals surface area contributed by atoms with Gasteiger partial charge >= 0.3 is 0 Å². The first-order valence-corrected chi connectivity index (χ1v) is 7.83. The molecule has 19 heavy (non-hydrogen) atoms. The van der Waals surface area contributed by atoms with Crippen LogP contribution in [-0.2, 0) is 4.74 Å². The third-order valence-electron chi connectivity index (χ3n) is 3.24. The van der Waals surface area contributed by atoms with Crippen molar-refractivity contribution in [2.75, 3.05) is 25.2 Å². The van der Waals surface area contributed by atoms with Crippen LogP contribution >= 0.6 is 35.0 Å². The molecule has 0 aliphatic carbocycles. The highest BCUT2D eigenvalue weighted by atomic mass is 35.5. The number of amides is 1. The number of hydrogen-bond acceptors (Lipinski definition) is 3. The van der Waals surface area contributed by atoms with E-state index in [1.807, 2.05) is 11.8 Å². The molecule has 1 atom stereocenters. The van der Waals surface area contributed by atoms with Gasteiger partial charge in [-0.3, -0.25) is 4.79 Å². The number of nitrogens with one attached hydrogen (secondary N) is 1. The Kier molecular flexibility index (Phi) is 5.01. The van der Waals surface area contributed by atoms with Crippen molar-refractivity contribution in [1.82, 2.24) is 5.32 Å². The van der Waals surface area contributed by atoms with Crippen molar-refractivity contribution in [2.45, 2.75) is 12.0 Å². The van der Waals surface area contributed by atoms with E-state index in [4.69, 9.17) is 27.9 Å². The molecule has 1 amide bonds. The standard InChI is InChI=1S/C13H15Cl2NO2S/c1-18-13(4-5-19-8-13)7-16-12(17)10-6-9(14)2-3-11(10)15/h2-3,6H,4-5,7-8H2,1H3,(H,16,17). The van der Waals surface area contributed by atoms with E-state index >= 15 is 0 Å². The number of ether oxygens (including phenoxy) is 1. The van der Waals surface area contributed by atoms with Crippen LogP contribution in [0.25, 0.3) is 0 Å². The van der Waals surface area contributed by atoms with E-state index < -0.39 is 0 Å². The fraction of sp³-hybridized carbons (Fsp3) is 0.462. The summed E-state index contributed by atoms with van der Waals surface area (Å²) >= 11 is 13.7. The maximum absolute atomic E-state index is 12.1. The van der Waals surface area contributed by atoms with Crippen LogP contribution in [0.5, 0.6) is 0 Å². The fourth-order valence-electron chi connectivity index (χ4n) is 1.97. The van der Waals surface area contributed by atoms with Crippen LogP contribution in [0.1, 0.15) is 16.8 Å². The predicted octanol–water partition coefficient (Wildman–Crippen LogP) is 3.25. The van der Waals surface area contributed by atoms with Crippen LogP contribution in [0.15, 0.2) is 18.2 Å². The summed E-state index contributed by atoms with van der Waals surface area (Å²) in [5, 5.41) is 3.77. The molecule has 0 aromatic heterocycles. The Bertz CT molecular complexity index is 476. The summed E-state index contributed by atoms with van der Waals surface area (Å²) in [5.41, 5.74) is 0.136. The first kappa shape index (κ1) is 15.0. The summed E-state index contributed by atoms with van der Waals surface area (Å²) in [4.78, 5) is 12.1. The summed E-state index contributed by atoms with van der Waals surface area (Å²) in [6.45, 7) is 0.484. The number of halogens is 2. The molecule has 1 unspecified atom stereocenters. The van der Waals surface area contributed by atoms with Crippen molar-refractivity contribution < 1.29 is 9.53 Å². The van der Waals surface area contributed by atoms with Crippen molar-refractivity contribution in [3.63, 3.8) is 0 Å². The second kappa shape index (κ2) is 6.35. The van der Waals surface area contributed by atoms with Gasteiger partial charge in [0, 0.05) is 24.4 Å². The molecular formula is C13H15Cl2NO2S. The monoisotopic (exact) mass is 319 g/mol. The molecule has 1 fully saturated rings. The summed E-state index contributed by atoms with van der Waals surface area (Å²) in [6, 6.07) is 4.85. The van der Waals surface area contributed by atoms with Crippen LogP contribution < -0.4 is 5.32 Å². The number of benzene rings is 1. The molecule has 0 saturated carbocycles. The zero-order chi connectivity index (χ0) is 13.9. The van der Waals surface area contributed by atoms with Gasteiger partial charge in [-0.1, -0.05) is 23.2 Å². The van der Waals surface area contributed by atoms with Crippen molar-refractivity contribution in [1.29, 1.82) is 0 Å². The zero-order valence-corrected chi connectivity index (χ0v) is 12.9. The van der Waals surface area contributed by atoms with Crippen molar-refractivity contribution in [2.24, 2.45) is 0 Å². The third-order valence-corrected chi connectivity index (χ3v) is 5.03. The minimum atomic E-state index is -0.259. The maximum atomic E-state index is 12.1. The van der Waals surface area contributed by atoms with Crippen LogP contribution in [0.4, 0.5) is 0 Å². The second-order valence-electron chi connectivity index (χ2n) is 4.50. The molecule has 3 nitrogen and oxygen atoms in total. The molecular weight excluding hydrogens is 305 g/mol. The van der Waals surface area contributed by atoms with E-state index in [9.17, 15) is 4.79 Å². The molecule has 1 aliphatic heterocycles. The molecule has 1 saturated heterocycles. The van der Waals surface area contributed by atoms with Gasteiger partial charge < -0.3 is 10.1 Å². The van der Waals surface area contributed by atoms with Gasteiger partial charge in [0.05, 0.1) is 16.2 Å². The van der Waals surface area contributed by atoms with Crippen molar-refractivity contribution in [3.8, 4) is 0 Å². The van der Waals surface area contributed by atoms with Crippen LogP contribution in [-0.4, -0.2) is 36.7 Å². The number of carbonyl (C=O) groups is 1. The van der Waals surface area contributed by atoms with Crippen LogP contribution in [0, 0.1) is 0 Å². The summed E-state index contributed by atoms with van der Waals surface area (Å²) < 4.78 is 5.54. The van der Waals surface area contributed by atoms with E-state index in [1.165, 1.54) is 0 Å². The van der Waals surface area contributed by atoms with Gasteiger partial charge in [-0.15, -0.1) is 0 Å². The summed E-state index contributed by atoms with van der Waals surface area (Å²) in [6.07, 6.45) is 0.942. The minimum absolute atomic E-state index is 0.221. The molecule has 1 N–H and O–H groups in total. The Labute approximate surface area is 127 Å². The molecule has 1 aromatic rings. The lowest BCUT2D eigenvalue weighted by molar-refractivity contribution is 0.0137. The van der Waals surface area contributed by atoms with Crippen LogP contribution in [0.2, 0.25) is 10.0 Å². The number of thioether (sulfide) groups is 1. The number of carbonyl (C=O) groups excluding carboxylic acids is 1. The first-order valence-electron chi connectivity index (χ1n) is 5.92. The van der Waals surface area contributed by atoms with E-state index in [-0.39, 0.29) is 11.5 Å². The Morgan fingerprint density at radius 1 is 1.53 bits per heavy atom. The molecule has 1 aliphatic rings. The number of rotatable bonds is 4. The average molecular weight is 320 g/mol. The average Bonchev–Trinajstić information content (AvgIpc) is 2.88. The smallest absolute Gasteiger partial charge is 0.252 e. The summed E-state index contributed by atoms with van der Waals surface area (Å²) in [5.74, 6) is 1.73. The van der Waals surface area contributed by atoms with E-state index in [0.717, 1.165) is 17.9 Å².